The first-order valence-corrected chi connectivity index (χ1v) is 5.47. The van der Waals surface area contributed by atoms with Crippen LogP contribution in [0.2, 0.25) is 0 Å². The Labute approximate surface area is 105 Å². The van der Waals surface area contributed by atoms with Crippen molar-refractivity contribution in [1.29, 1.82) is 0 Å². The molecule has 0 fully saturated rings. The number of carboxylic acids is 1. The predicted molar refractivity (Wildman–Crippen MR) is 64.4 cm³/mol. The maximum absolute atomic E-state index is 12.2. The molecule has 98 valence electrons. The van der Waals surface area contributed by atoms with E-state index in [4.69, 9.17) is 9.84 Å². The van der Waals surface area contributed by atoms with Crippen LogP contribution in [0.3, 0.4) is 0 Å². The van der Waals surface area contributed by atoms with Crippen LogP contribution in [0.25, 0.3) is 0 Å². The van der Waals surface area contributed by atoms with E-state index in [1.54, 1.807) is 19.2 Å². The lowest BCUT2D eigenvalue weighted by molar-refractivity contribution is -0.137. The van der Waals surface area contributed by atoms with Crippen LogP contribution in [0.5, 0.6) is 0 Å². The highest BCUT2D eigenvalue weighted by Crippen LogP contribution is 2.09. The normalized spacial score (nSPS) is 10.1. The molecule has 0 spiro atoms. The van der Waals surface area contributed by atoms with E-state index >= 15 is 0 Å². The summed E-state index contributed by atoms with van der Waals surface area (Å²) in [5.74, 6) is -1.37. The minimum Gasteiger partial charge on any atom is -0.480 e. The van der Waals surface area contributed by atoms with Crippen molar-refractivity contribution in [2.45, 2.75) is 6.92 Å². The van der Waals surface area contributed by atoms with Crippen LogP contribution in [0.4, 0.5) is 0 Å². The first kappa shape index (κ1) is 14.1. The van der Waals surface area contributed by atoms with E-state index in [-0.39, 0.29) is 19.0 Å². The van der Waals surface area contributed by atoms with Crippen LogP contribution in [0.15, 0.2) is 18.5 Å². The van der Waals surface area contributed by atoms with E-state index in [2.05, 4.69) is 4.98 Å². The van der Waals surface area contributed by atoms with Crippen molar-refractivity contribution < 1.29 is 19.4 Å². The second-order valence-electron chi connectivity index (χ2n) is 3.80. The van der Waals surface area contributed by atoms with Gasteiger partial charge in [-0.1, -0.05) is 0 Å². The Balaban J connectivity index is 2.87. The number of hydrogen-bond donors (Lipinski definition) is 1. The van der Waals surface area contributed by atoms with E-state index in [9.17, 15) is 9.59 Å². The average molecular weight is 252 g/mol. The molecule has 1 aromatic heterocycles. The number of ether oxygens (including phenoxy) is 1. The molecule has 1 amide bonds. The standard InChI is InChI=1S/C12H16N2O4/c1-9-7-13-4-3-10(9)12(17)14(5-6-18-2)8-11(15)16/h3-4,7H,5-6,8H2,1-2H3,(H,15,16). The number of nitrogens with zero attached hydrogens (tertiary/aromatic N) is 2. The molecule has 0 bridgehead atoms. The number of pyridine rings is 1. The van der Waals surface area contributed by atoms with Gasteiger partial charge in [0.1, 0.15) is 6.54 Å². The summed E-state index contributed by atoms with van der Waals surface area (Å²) in [5.41, 5.74) is 1.18. The average Bonchev–Trinajstić information content (AvgIpc) is 2.34. The Morgan fingerprint density at radius 1 is 1.50 bits per heavy atom. The Hall–Kier alpha value is -1.95. The van der Waals surface area contributed by atoms with Gasteiger partial charge in [0.15, 0.2) is 0 Å². The van der Waals surface area contributed by atoms with Crippen molar-refractivity contribution >= 4 is 11.9 Å². The summed E-state index contributed by atoms with van der Waals surface area (Å²) in [7, 11) is 1.50. The molecule has 1 rings (SSSR count). The van der Waals surface area contributed by atoms with Gasteiger partial charge in [-0.3, -0.25) is 14.6 Å². The maximum Gasteiger partial charge on any atom is 0.323 e. The third kappa shape index (κ3) is 3.81. The van der Waals surface area contributed by atoms with Gasteiger partial charge >= 0.3 is 5.97 Å². The number of carboxylic acid groups (broad SMARTS) is 1. The SMILES string of the molecule is COCCN(CC(=O)O)C(=O)c1ccncc1C. The largest absolute Gasteiger partial charge is 0.480 e. The number of rotatable bonds is 6. The zero-order valence-corrected chi connectivity index (χ0v) is 10.4. The molecule has 0 aliphatic carbocycles. The first-order valence-electron chi connectivity index (χ1n) is 5.47. The van der Waals surface area contributed by atoms with Crippen LogP contribution in [0.1, 0.15) is 15.9 Å². The molecule has 0 saturated carbocycles. The number of hydrogen-bond acceptors (Lipinski definition) is 4. The van der Waals surface area contributed by atoms with Crippen molar-refractivity contribution in [3.63, 3.8) is 0 Å². The van der Waals surface area contributed by atoms with Gasteiger partial charge in [-0.05, 0) is 18.6 Å². The third-order valence-corrected chi connectivity index (χ3v) is 2.43. The van der Waals surface area contributed by atoms with E-state index in [0.717, 1.165) is 5.56 Å². The molecule has 1 heterocycles. The van der Waals surface area contributed by atoms with Gasteiger partial charge in [-0.25, -0.2) is 0 Å². The predicted octanol–water partition coefficient (Wildman–Crippen LogP) is 0.563. The molecular formula is C12H16N2O4. The molecule has 0 aliphatic rings. The van der Waals surface area contributed by atoms with Crippen molar-refractivity contribution in [1.82, 2.24) is 9.88 Å². The van der Waals surface area contributed by atoms with Gasteiger partial charge in [0.25, 0.3) is 5.91 Å². The zero-order chi connectivity index (χ0) is 13.5. The summed E-state index contributed by atoms with van der Waals surface area (Å²) in [6.45, 7) is 1.95. The van der Waals surface area contributed by atoms with Crippen molar-refractivity contribution in [3.8, 4) is 0 Å². The number of carbonyl (C=O) groups is 2. The fraction of sp³-hybridized carbons (Fsp3) is 0.417. The summed E-state index contributed by atoms with van der Waals surface area (Å²) < 4.78 is 4.87. The smallest absolute Gasteiger partial charge is 0.323 e. The second-order valence-corrected chi connectivity index (χ2v) is 3.80. The first-order chi connectivity index (χ1) is 8.56. The lowest BCUT2D eigenvalue weighted by Gasteiger charge is -2.21. The number of amides is 1. The molecule has 0 aromatic carbocycles. The van der Waals surface area contributed by atoms with Crippen LogP contribution in [-0.4, -0.2) is 53.7 Å². The lowest BCUT2D eigenvalue weighted by atomic mass is 10.1. The fourth-order valence-corrected chi connectivity index (χ4v) is 1.50. The third-order valence-electron chi connectivity index (χ3n) is 2.43. The number of aromatic nitrogens is 1. The number of aliphatic carboxylic acids is 1. The molecule has 18 heavy (non-hydrogen) atoms. The minimum absolute atomic E-state index is 0.239. The Kier molecular flexibility index (Phi) is 5.26. The second kappa shape index (κ2) is 6.70. The summed E-state index contributed by atoms with van der Waals surface area (Å²) in [6, 6.07) is 1.58. The molecular weight excluding hydrogens is 236 g/mol. The van der Waals surface area contributed by atoms with Crippen molar-refractivity contribution in [2.75, 3.05) is 26.8 Å². The molecule has 0 radical (unpaired) electrons. The van der Waals surface area contributed by atoms with Crippen molar-refractivity contribution in [3.05, 3.63) is 29.6 Å². The molecule has 1 aromatic rings. The van der Waals surface area contributed by atoms with Gasteiger partial charge in [0.05, 0.1) is 6.61 Å². The zero-order valence-electron chi connectivity index (χ0n) is 10.4. The van der Waals surface area contributed by atoms with Crippen molar-refractivity contribution in [2.24, 2.45) is 0 Å². The van der Waals surface area contributed by atoms with Crippen LogP contribution >= 0.6 is 0 Å². The Bertz CT molecular complexity index is 434. The van der Waals surface area contributed by atoms with Gasteiger partial charge in [-0.15, -0.1) is 0 Å². The lowest BCUT2D eigenvalue weighted by Crippen LogP contribution is -2.38. The monoisotopic (exact) mass is 252 g/mol. The minimum atomic E-state index is -1.05. The van der Waals surface area contributed by atoms with E-state index in [1.807, 2.05) is 0 Å². The molecule has 0 atom stereocenters. The van der Waals surface area contributed by atoms with Crippen LogP contribution in [-0.2, 0) is 9.53 Å². The highest BCUT2D eigenvalue weighted by molar-refractivity contribution is 5.96. The highest BCUT2D eigenvalue weighted by atomic mass is 16.5. The number of aryl methyl sites for hydroxylation is 1. The summed E-state index contributed by atoms with van der Waals surface area (Å²) in [6.07, 6.45) is 3.08. The summed E-state index contributed by atoms with van der Waals surface area (Å²) in [5, 5.41) is 8.80. The topological polar surface area (TPSA) is 79.7 Å². The van der Waals surface area contributed by atoms with Gasteiger partial charge in [0, 0.05) is 31.6 Å². The quantitative estimate of drug-likeness (QED) is 0.800. The van der Waals surface area contributed by atoms with Crippen LogP contribution < -0.4 is 0 Å². The van der Waals surface area contributed by atoms with Gasteiger partial charge in [-0.2, -0.15) is 0 Å². The summed E-state index contributed by atoms with van der Waals surface area (Å²) in [4.78, 5) is 28.1. The Morgan fingerprint density at radius 2 is 2.22 bits per heavy atom. The molecule has 0 saturated heterocycles. The molecule has 6 heteroatoms. The van der Waals surface area contributed by atoms with E-state index < -0.39 is 5.97 Å². The maximum atomic E-state index is 12.2. The van der Waals surface area contributed by atoms with Gasteiger partial charge < -0.3 is 14.7 Å². The molecule has 1 N–H and O–H groups in total. The Morgan fingerprint density at radius 3 is 2.78 bits per heavy atom. The number of carbonyl (C=O) groups excluding carboxylic acids is 1. The number of methoxy groups -OCH3 is 1. The molecule has 0 unspecified atom stereocenters. The van der Waals surface area contributed by atoms with E-state index in [0.29, 0.717) is 12.2 Å². The van der Waals surface area contributed by atoms with Crippen LogP contribution in [0, 0.1) is 6.92 Å². The van der Waals surface area contributed by atoms with Gasteiger partial charge in [0.2, 0.25) is 0 Å². The molecule has 6 nitrogen and oxygen atoms in total. The van der Waals surface area contributed by atoms with E-state index in [1.165, 1.54) is 18.2 Å². The molecule has 0 aliphatic heterocycles. The summed E-state index contributed by atoms with van der Waals surface area (Å²) >= 11 is 0. The fourth-order valence-electron chi connectivity index (χ4n) is 1.50. The highest BCUT2D eigenvalue weighted by Gasteiger charge is 2.19.